The second kappa shape index (κ2) is 6.34. The summed E-state index contributed by atoms with van der Waals surface area (Å²) in [7, 11) is 0. The molecule has 1 heterocycles. The number of likely N-dealkylation sites (tertiary alicyclic amines) is 1. The van der Waals surface area contributed by atoms with E-state index in [1.165, 1.54) is 0 Å². The zero-order valence-corrected chi connectivity index (χ0v) is 13.7. The Kier molecular flexibility index (Phi) is 4.91. The first-order valence-corrected chi connectivity index (χ1v) is 7.73. The summed E-state index contributed by atoms with van der Waals surface area (Å²) in [5.41, 5.74) is 6.95. The van der Waals surface area contributed by atoms with Gasteiger partial charge in [-0.2, -0.15) is 0 Å². The van der Waals surface area contributed by atoms with E-state index >= 15 is 0 Å². The van der Waals surface area contributed by atoms with Crippen molar-refractivity contribution >= 4 is 23.2 Å². The molecule has 0 spiro atoms. The van der Waals surface area contributed by atoms with Crippen LogP contribution in [0.4, 0.5) is 5.69 Å². The van der Waals surface area contributed by atoms with Gasteiger partial charge in [-0.3, -0.25) is 9.69 Å². The third kappa shape index (κ3) is 3.96. The molecule has 0 aromatic heterocycles. The summed E-state index contributed by atoms with van der Waals surface area (Å²) in [5.74, 6) is 0.00333. The second-order valence-electron chi connectivity index (χ2n) is 6.53. The van der Waals surface area contributed by atoms with Crippen LogP contribution in [0.25, 0.3) is 0 Å². The van der Waals surface area contributed by atoms with E-state index < -0.39 is 0 Å². The lowest BCUT2D eigenvalue weighted by molar-refractivity contribution is -0.122. The lowest BCUT2D eigenvalue weighted by Gasteiger charge is -2.44. The number of amides is 1. The molecular weight excluding hydrogens is 286 g/mol. The maximum Gasteiger partial charge on any atom is 0.241 e. The molecule has 3 N–H and O–H groups in total. The van der Waals surface area contributed by atoms with Gasteiger partial charge in [0.15, 0.2) is 0 Å². The van der Waals surface area contributed by atoms with Crippen molar-refractivity contribution < 1.29 is 4.79 Å². The highest BCUT2D eigenvalue weighted by atomic mass is 35.5. The Morgan fingerprint density at radius 3 is 2.62 bits per heavy atom. The highest BCUT2D eigenvalue weighted by Gasteiger charge is 2.36. The quantitative estimate of drug-likeness (QED) is 0.902. The summed E-state index contributed by atoms with van der Waals surface area (Å²) in [6.07, 6.45) is 0.922. The zero-order valence-electron chi connectivity index (χ0n) is 12.9. The fourth-order valence-electron chi connectivity index (χ4n) is 2.69. The number of rotatable bonds is 3. The molecule has 1 aliphatic heterocycles. The Labute approximate surface area is 131 Å². The highest BCUT2D eigenvalue weighted by molar-refractivity contribution is 6.30. The van der Waals surface area contributed by atoms with Crippen LogP contribution in [0.5, 0.6) is 0 Å². The number of carbonyl (C=O) groups excluding carboxylic acids is 1. The van der Waals surface area contributed by atoms with Crippen LogP contribution >= 0.6 is 11.6 Å². The van der Waals surface area contributed by atoms with Gasteiger partial charge >= 0.3 is 0 Å². The average Bonchev–Trinajstić information content (AvgIpc) is 2.43. The van der Waals surface area contributed by atoms with E-state index in [1.54, 1.807) is 12.1 Å². The first kappa shape index (κ1) is 16.3. The van der Waals surface area contributed by atoms with Gasteiger partial charge in [-0.25, -0.2) is 0 Å². The average molecular weight is 310 g/mol. The molecule has 0 bridgehead atoms. The van der Waals surface area contributed by atoms with Crippen LogP contribution in [0.15, 0.2) is 24.3 Å². The van der Waals surface area contributed by atoms with Crippen molar-refractivity contribution in [2.75, 3.05) is 18.4 Å². The molecule has 4 nitrogen and oxygen atoms in total. The van der Waals surface area contributed by atoms with E-state index in [9.17, 15) is 4.79 Å². The molecule has 1 aliphatic rings. The molecule has 1 aromatic rings. The van der Waals surface area contributed by atoms with E-state index in [4.69, 9.17) is 17.3 Å². The molecule has 21 heavy (non-hydrogen) atoms. The van der Waals surface area contributed by atoms with E-state index in [-0.39, 0.29) is 23.4 Å². The van der Waals surface area contributed by atoms with E-state index in [0.717, 1.165) is 25.2 Å². The van der Waals surface area contributed by atoms with E-state index in [0.29, 0.717) is 5.02 Å². The SMILES string of the molecule is CC(C(=O)Nc1ccc(Cl)cc1)N1CCC(N)C(C)(C)C1. The number of hydrogen-bond donors (Lipinski definition) is 2. The maximum absolute atomic E-state index is 12.4. The third-order valence-electron chi connectivity index (χ3n) is 4.38. The van der Waals surface area contributed by atoms with Gasteiger partial charge in [0, 0.05) is 29.8 Å². The summed E-state index contributed by atoms with van der Waals surface area (Å²) in [4.78, 5) is 14.6. The summed E-state index contributed by atoms with van der Waals surface area (Å²) in [5, 5.41) is 3.59. The van der Waals surface area contributed by atoms with Crippen molar-refractivity contribution in [1.29, 1.82) is 0 Å². The second-order valence-corrected chi connectivity index (χ2v) is 6.96. The number of nitrogens with zero attached hydrogens (tertiary/aromatic N) is 1. The minimum atomic E-state index is -0.174. The molecule has 2 atom stereocenters. The lowest BCUT2D eigenvalue weighted by Crippen LogP contribution is -2.56. The molecule has 1 fully saturated rings. The Morgan fingerprint density at radius 2 is 2.05 bits per heavy atom. The van der Waals surface area contributed by atoms with Crippen molar-refractivity contribution in [1.82, 2.24) is 4.90 Å². The van der Waals surface area contributed by atoms with Crippen LogP contribution in [0.1, 0.15) is 27.2 Å². The minimum absolute atomic E-state index is 0.00333. The van der Waals surface area contributed by atoms with Crippen molar-refractivity contribution in [3.05, 3.63) is 29.3 Å². The van der Waals surface area contributed by atoms with Gasteiger partial charge in [-0.1, -0.05) is 25.4 Å². The summed E-state index contributed by atoms with van der Waals surface area (Å²) in [6.45, 7) is 7.96. The van der Waals surface area contributed by atoms with Gasteiger partial charge < -0.3 is 11.1 Å². The number of hydrogen-bond acceptors (Lipinski definition) is 3. The monoisotopic (exact) mass is 309 g/mol. The largest absolute Gasteiger partial charge is 0.327 e. The number of anilines is 1. The highest BCUT2D eigenvalue weighted by Crippen LogP contribution is 2.29. The maximum atomic E-state index is 12.4. The van der Waals surface area contributed by atoms with Crippen LogP contribution in [0.2, 0.25) is 5.02 Å². The van der Waals surface area contributed by atoms with Crippen LogP contribution in [-0.4, -0.2) is 36.0 Å². The first-order chi connectivity index (χ1) is 9.79. The Balaban J connectivity index is 1.98. The zero-order chi connectivity index (χ0) is 15.6. The standard InChI is InChI=1S/C16H24ClN3O/c1-11(20-9-8-14(18)16(2,3)10-20)15(21)19-13-6-4-12(17)5-7-13/h4-7,11,14H,8-10,18H2,1-3H3,(H,19,21). The van der Waals surface area contributed by atoms with E-state index in [2.05, 4.69) is 24.1 Å². The molecule has 1 saturated heterocycles. The van der Waals surface area contributed by atoms with Gasteiger partial charge in [0.2, 0.25) is 5.91 Å². The molecular formula is C16H24ClN3O. The Hall–Kier alpha value is -1.10. The molecule has 1 amide bonds. The fraction of sp³-hybridized carbons (Fsp3) is 0.562. The Bertz CT molecular complexity index is 501. The number of nitrogens with one attached hydrogen (secondary N) is 1. The topological polar surface area (TPSA) is 58.4 Å². The van der Waals surface area contributed by atoms with Crippen LogP contribution in [0, 0.1) is 5.41 Å². The fourth-order valence-corrected chi connectivity index (χ4v) is 2.82. The van der Waals surface area contributed by atoms with Crippen molar-refractivity contribution in [2.24, 2.45) is 11.1 Å². The van der Waals surface area contributed by atoms with Crippen molar-refractivity contribution in [2.45, 2.75) is 39.3 Å². The predicted octanol–water partition coefficient (Wildman–Crippen LogP) is 2.73. The summed E-state index contributed by atoms with van der Waals surface area (Å²) in [6, 6.07) is 7.18. The molecule has 5 heteroatoms. The van der Waals surface area contributed by atoms with Gasteiger partial charge in [-0.05, 0) is 43.0 Å². The van der Waals surface area contributed by atoms with E-state index in [1.807, 2.05) is 19.1 Å². The number of halogens is 1. The van der Waals surface area contributed by atoms with Gasteiger partial charge in [0.1, 0.15) is 0 Å². The number of nitrogens with two attached hydrogens (primary N) is 1. The summed E-state index contributed by atoms with van der Waals surface area (Å²) >= 11 is 5.84. The molecule has 2 unspecified atom stereocenters. The van der Waals surface area contributed by atoms with Crippen molar-refractivity contribution in [3.63, 3.8) is 0 Å². The normalized spacial score (nSPS) is 23.6. The minimum Gasteiger partial charge on any atom is -0.327 e. The number of benzene rings is 1. The van der Waals surface area contributed by atoms with Crippen LogP contribution in [0.3, 0.4) is 0 Å². The third-order valence-corrected chi connectivity index (χ3v) is 4.63. The van der Waals surface area contributed by atoms with Crippen LogP contribution < -0.4 is 11.1 Å². The van der Waals surface area contributed by atoms with Gasteiger partial charge in [0.25, 0.3) is 0 Å². The Morgan fingerprint density at radius 1 is 1.43 bits per heavy atom. The predicted molar refractivity (Wildman–Crippen MR) is 87.5 cm³/mol. The van der Waals surface area contributed by atoms with Crippen LogP contribution in [-0.2, 0) is 4.79 Å². The first-order valence-electron chi connectivity index (χ1n) is 7.35. The smallest absolute Gasteiger partial charge is 0.241 e. The molecule has 1 aromatic carbocycles. The number of piperidine rings is 1. The van der Waals surface area contributed by atoms with Crippen molar-refractivity contribution in [3.8, 4) is 0 Å². The molecule has 0 radical (unpaired) electrons. The summed E-state index contributed by atoms with van der Waals surface area (Å²) < 4.78 is 0. The molecule has 2 rings (SSSR count). The molecule has 0 saturated carbocycles. The molecule has 116 valence electrons. The molecule has 0 aliphatic carbocycles. The van der Waals surface area contributed by atoms with Gasteiger partial charge in [-0.15, -0.1) is 0 Å². The number of carbonyl (C=O) groups is 1. The van der Waals surface area contributed by atoms with Gasteiger partial charge in [0.05, 0.1) is 6.04 Å². The lowest BCUT2D eigenvalue weighted by atomic mass is 9.79.